The molecule has 0 radical (unpaired) electrons. The highest BCUT2D eigenvalue weighted by atomic mass is 16.4. The first-order valence-corrected chi connectivity index (χ1v) is 7.97. The lowest BCUT2D eigenvalue weighted by molar-refractivity contribution is -0.137. The normalized spacial score (nSPS) is 12.1. The molecule has 2 heteroatoms. The first-order valence-electron chi connectivity index (χ1n) is 7.97. The molecule has 0 atom stereocenters. The molecule has 0 spiro atoms. The second-order valence-corrected chi connectivity index (χ2v) is 5.08. The van der Waals surface area contributed by atoms with Gasteiger partial charge in [0.2, 0.25) is 0 Å². The Labute approximate surface area is 124 Å². The van der Waals surface area contributed by atoms with Crippen molar-refractivity contribution in [2.45, 2.75) is 71.1 Å². The molecule has 20 heavy (non-hydrogen) atoms. The Bertz CT molecular complexity index is 301. The molecular weight excluding hydrogens is 248 g/mol. The second-order valence-electron chi connectivity index (χ2n) is 5.08. The first kappa shape index (κ1) is 18.7. The maximum absolute atomic E-state index is 10.3. The number of rotatable bonds is 13. The van der Waals surface area contributed by atoms with Crippen LogP contribution in [0.3, 0.4) is 0 Å². The van der Waals surface area contributed by atoms with Gasteiger partial charge in [0, 0.05) is 6.42 Å². The van der Waals surface area contributed by atoms with Crippen molar-refractivity contribution < 1.29 is 9.90 Å². The molecule has 0 unspecified atom stereocenters. The van der Waals surface area contributed by atoms with Crippen LogP contribution in [0.5, 0.6) is 0 Å². The van der Waals surface area contributed by atoms with Gasteiger partial charge < -0.3 is 5.11 Å². The Morgan fingerprint density at radius 1 is 0.800 bits per heavy atom. The summed E-state index contributed by atoms with van der Waals surface area (Å²) in [6.45, 7) is 2.22. The van der Waals surface area contributed by atoms with Crippen LogP contribution in [-0.2, 0) is 4.79 Å². The number of unbranched alkanes of at least 4 members (excludes halogenated alkanes) is 7. The summed E-state index contributed by atoms with van der Waals surface area (Å²) in [5.41, 5.74) is 0. The van der Waals surface area contributed by atoms with E-state index in [4.69, 9.17) is 5.11 Å². The van der Waals surface area contributed by atoms with Crippen LogP contribution in [0.1, 0.15) is 71.1 Å². The number of hydrogen-bond acceptors (Lipinski definition) is 1. The van der Waals surface area contributed by atoms with E-state index in [0.717, 1.165) is 32.1 Å². The fraction of sp³-hybridized carbons (Fsp3) is 0.611. The zero-order chi connectivity index (χ0) is 14.9. The first-order chi connectivity index (χ1) is 9.77. The van der Waals surface area contributed by atoms with E-state index >= 15 is 0 Å². The Morgan fingerprint density at radius 3 is 1.90 bits per heavy atom. The number of carboxylic acids is 1. The van der Waals surface area contributed by atoms with Gasteiger partial charge in [-0.1, -0.05) is 69.1 Å². The molecule has 0 fully saturated rings. The number of aliphatic carboxylic acids is 1. The smallest absolute Gasteiger partial charge is 0.303 e. The minimum absolute atomic E-state index is 0.309. The highest BCUT2D eigenvalue weighted by Crippen LogP contribution is 2.06. The molecule has 0 saturated carbocycles. The van der Waals surface area contributed by atoms with Crippen LogP contribution in [0, 0.1) is 0 Å². The average molecular weight is 278 g/mol. The summed E-state index contributed by atoms with van der Waals surface area (Å²) in [7, 11) is 0. The van der Waals surface area contributed by atoms with Gasteiger partial charge in [0.1, 0.15) is 0 Å². The minimum Gasteiger partial charge on any atom is -0.481 e. The predicted molar refractivity (Wildman–Crippen MR) is 86.9 cm³/mol. The van der Waals surface area contributed by atoms with Crippen molar-refractivity contribution in [3.05, 3.63) is 36.5 Å². The van der Waals surface area contributed by atoms with Gasteiger partial charge >= 0.3 is 5.97 Å². The third-order valence-electron chi connectivity index (χ3n) is 3.09. The number of carbonyl (C=O) groups is 1. The van der Waals surface area contributed by atoms with Crippen LogP contribution in [0.15, 0.2) is 36.5 Å². The molecule has 0 aliphatic heterocycles. The zero-order valence-electron chi connectivity index (χ0n) is 12.9. The van der Waals surface area contributed by atoms with Gasteiger partial charge in [0.05, 0.1) is 0 Å². The van der Waals surface area contributed by atoms with Crippen LogP contribution in [0.2, 0.25) is 0 Å². The van der Waals surface area contributed by atoms with Gasteiger partial charge in [-0.3, -0.25) is 4.79 Å². The lowest BCUT2D eigenvalue weighted by Gasteiger charge is -1.96. The standard InChI is InChI=1S/C18H30O2/c1-2-3-4-5-6-7-8-9-10-11-12-13-14-15-16-17-18(19)20/h6-11H,2-5,12-17H2,1H3,(H,19,20)/b7-6?,9-8+,11-10+. The molecular formula is C18H30O2. The quantitative estimate of drug-likeness (QED) is 0.348. The molecule has 0 bridgehead atoms. The van der Waals surface area contributed by atoms with Crippen molar-refractivity contribution >= 4 is 5.97 Å². The summed E-state index contributed by atoms with van der Waals surface area (Å²) in [6, 6.07) is 0. The van der Waals surface area contributed by atoms with Gasteiger partial charge in [-0.25, -0.2) is 0 Å². The van der Waals surface area contributed by atoms with Gasteiger partial charge in [-0.15, -0.1) is 0 Å². The number of carboxylic acid groups (broad SMARTS) is 1. The fourth-order valence-corrected chi connectivity index (χ4v) is 1.88. The third kappa shape index (κ3) is 16.7. The summed E-state index contributed by atoms with van der Waals surface area (Å²) in [4.78, 5) is 10.3. The molecule has 0 aromatic heterocycles. The van der Waals surface area contributed by atoms with Crippen LogP contribution in [0.25, 0.3) is 0 Å². The van der Waals surface area contributed by atoms with Gasteiger partial charge in [-0.05, 0) is 32.1 Å². The van der Waals surface area contributed by atoms with Crippen molar-refractivity contribution in [2.75, 3.05) is 0 Å². The Morgan fingerprint density at radius 2 is 1.35 bits per heavy atom. The monoisotopic (exact) mass is 278 g/mol. The molecule has 2 nitrogen and oxygen atoms in total. The van der Waals surface area contributed by atoms with Gasteiger partial charge in [0.25, 0.3) is 0 Å². The Kier molecular flexibility index (Phi) is 14.7. The topological polar surface area (TPSA) is 37.3 Å². The minimum atomic E-state index is -0.683. The highest BCUT2D eigenvalue weighted by molar-refractivity contribution is 5.66. The van der Waals surface area contributed by atoms with Crippen molar-refractivity contribution in [3.8, 4) is 0 Å². The van der Waals surface area contributed by atoms with E-state index in [1.165, 1.54) is 25.7 Å². The van der Waals surface area contributed by atoms with E-state index in [1.807, 2.05) is 0 Å². The predicted octanol–water partition coefficient (Wildman–Crippen LogP) is 5.66. The molecule has 114 valence electrons. The van der Waals surface area contributed by atoms with Crippen molar-refractivity contribution in [3.63, 3.8) is 0 Å². The molecule has 0 aromatic rings. The van der Waals surface area contributed by atoms with E-state index in [-0.39, 0.29) is 0 Å². The maximum atomic E-state index is 10.3. The SMILES string of the molecule is CCCCCC=C/C=C/C=C/CCCCCCC(=O)O. The van der Waals surface area contributed by atoms with Crippen molar-refractivity contribution in [1.29, 1.82) is 0 Å². The van der Waals surface area contributed by atoms with Gasteiger partial charge in [0.15, 0.2) is 0 Å². The lowest BCUT2D eigenvalue weighted by atomic mass is 10.1. The summed E-state index contributed by atoms with van der Waals surface area (Å²) in [5.74, 6) is -0.683. The van der Waals surface area contributed by atoms with E-state index in [0.29, 0.717) is 6.42 Å². The van der Waals surface area contributed by atoms with Crippen LogP contribution >= 0.6 is 0 Å². The number of allylic oxidation sites excluding steroid dienone is 6. The van der Waals surface area contributed by atoms with Crippen LogP contribution < -0.4 is 0 Å². The third-order valence-corrected chi connectivity index (χ3v) is 3.09. The van der Waals surface area contributed by atoms with E-state index in [1.54, 1.807) is 0 Å². The van der Waals surface area contributed by atoms with E-state index in [9.17, 15) is 4.79 Å². The molecule has 0 amide bonds. The van der Waals surface area contributed by atoms with Crippen molar-refractivity contribution in [2.24, 2.45) is 0 Å². The van der Waals surface area contributed by atoms with E-state index in [2.05, 4.69) is 43.4 Å². The summed E-state index contributed by atoms with van der Waals surface area (Å²) in [6.07, 6.45) is 23.3. The molecule has 0 heterocycles. The molecule has 0 rings (SSSR count). The second kappa shape index (κ2) is 15.7. The summed E-state index contributed by atoms with van der Waals surface area (Å²) >= 11 is 0. The molecule has 1 N–H and O–H groups in total. The molecule has 0 aliphatic carbocycles. The summed E-state index contributed by atoms with van der Waals surface area (Å²) in [5, 5.41) is 8.49. The highest BCUT2D eigenvalue weighted by Gasteiger charge is 1.95. The van der Waals surface area contributed by atoms with Crippen LogP contribution in [-0.4, -0.2) is 11.1 Å². The Balaban J connectivity index is 3.32. The van der Waals surface area contributed by atoms with Gasteiger partial charge in [-0.2, -0.15) is 0 Å². The van der Waals surface area contributed by atoms with Crippen molar-refractivity contribution in [1.82, 2.24) is 0 Å². The molecule has 0 saturated heterocycles. The summed E-state index contributed by atoms with van der Waals surface area (Å²) < 4.78 is 0. The maximum Gasteiger partial charge on any atom is 0.303 e. The fourth-order valence-electron chi connectivity index (χ4n) is 1.88. The Hall–Kier alpha value is -1.31. The van der Waals surface area contributed by atoms with Crippen LogP contribution in [0.4, 0.5) is 0 Å². The average Bonchev–Trinajstić information content (AvgIpc) is 2.43. The molecule has 0 aromatic carbocycles. The van der Waals surface area contributed by atoms with E-state index < -0.39 is 5.97 Å². The zero-order valence-corrected chi connectivity index (χ0v) is 12.9. The largest absolute Gasteiger partial charge is 0.481 e. The molecule has 0 aliphatic rings. The lowest BCUT2D eigenvalue weighted by Crippen LogP contribution is -1.93. The number of hydrogen-bond donors (Lipinski definition) is 1.